The Morgan fingerprint density at radius 3 is 2.61 bits per heavy atom. The normalized spacial score (nSPS) is 12.5. The topological polar surface area (TPSA) is 64.7 Å². The van der Waals surface area contributed by atoms with Gasteiger partial charge in [0.1, 0.15) is 6.33 Å². The van der Waals surface area contributed by atoms with Crippen LogP contribution in [0.4, 0.5) is 0 Å². The van der Waals surface area contributed by atoms with Crippen LogP contribution >= 0.6 is 0 Å². The van der Waals surface area contributed by atoms with Crippen LogP contribution in [0.2, 0.25) is 0 Å². The minimum Gasteiger partial charge on any atom is -0.320 e. The molecule has 3 rings (SSSR count). The van der Waals surface area contributed by atoms with Crippen LogP contribution in [0.25, 0.3) is 10.9 Å². The zero-order chi connectivity index (χ0) is 12.4. The molecule has 0 saturated carbocycles. The Hall–Kier alpha value is -2.33. The maximum Gasteiger partial charge on any atom is 0.115 e. The van der Waals surface area contributed by atoms with Crippen molar-refractivity contribution in [2.75, 3.05) is 0 Å². The van der Waals surface area contributed by atoms with Gasteiger partial charge in [0.15, 0.2) is 0 Å². The van der Waals surface area contributed by atoms with E-state index in [-0.39, 0.29) is 6.04 Å². The van der Waals surface area contributed by atoms with Gasteiger partial charge < -0.3 is 5.73 Å². The van der Waals surface area contributed by atoms with Gasteiger partial charge >= 0.3 is 0 Å². The van der Waals surface area contributed by atoms with Gasteiger partial charge in [-0.25, -0.2) is 9.97 Å². The van der Waals surface area contributed by atoms with Crippen LogP contribution in [0.5, 0.6) is 0 Å². The average Bonchev–Trinajstić information content (AvgIpc) is 2.47. The fourth-order valence-corrected chi connectivity index (χ4v) is 2.04. The number of pyridine rings is 1. The molecule has 0 bridgehead atoms. The number of rotatable bonds is 2. The van der Waals surface area contributed by atoms with E-state index in [1.807, 2.05) is 30.3 Å². The van der Waals surface area contributed by atoms with E-state index in [4.69, 9.17) is 5.73 Å². The van der Waals surface area contributed by atoms with E-state index in [0.717, 1.165) is 22.0 Å². The van der Waals surface area contributed by atoms with Crippen LogP contribution in [0.15, 0.2) is 55.2 Å². The van der Waals surface area contributed by atoms with Gasteiger partial charge in [-0.15, -0.1) is 0 Å². The third kappa shape index (κ3) is 1.83. The fourth-order valence-electron chi connectivity index (χ4n) is 2.04. The molecular weight excluding hydrogens is 224 g/mol. The van der Waals surface area contributed by atoms with Gasteiger partial charge in [0.2, 0.25) is 0 Å². The van der Waals surface area contributed by atoms with Crippen molar-refractivity contribution in [3.63, 3.8) is 0 Å². The Morgan fingerprint density at radius 2 is 1.78 bits per heavy atom. The molecule has 0 aliphatic carbocycles. The number of benzene rings is 1. The molecule has 1 aromatic carbocycles. The quantitative estimate of drug-likeness (QED) is 0.739. The maximum atomic E-state index is 6.27. The van der Waals surface area contributed by atoms with E-state index in [0.29, 0.717) is 0 Å². The third-order valence-corrected chi connectivity index (χ3v) is 2.96. The van der Waals surface area contributed by atoms with Gasteiger partial charge in [0.25, 0.3) is 0 Å². The molecule has 2 N–H and O–H groups in total. The van der Waals surface area contributed by atoms with E-state index >= 15 is 0 Å². The zero-order valence-corrected chi connectivity index (χ0v) is 9.69. The number of nitrogens with zero attached hydrogens (tertiary/aromatic N) is 3. The summed E-state index contributed by atoms with van der Waals surface area (Å²) in [4.78, 5) is 12.3. The summed E-state index contributed by atoms with van der Waals surface area (Å²) in [5.74, 6) is 0. The lowest BCUT2D eigenvalue weighted by atomic mass is 9.98. The molecule has 0 amide bonds. The molecule has 4 nitrogen and oxygen atoms in total. The number of fused-ring (bicyclic) bond motifs is 1. The molecule has 2 aromatic heterocycles. The van der Waals surface area contributed by atoms with E-state index < -0.39 is 0 Å². The third-order valence-electron chi connectivity index (χ3n) is 2.96. The number of para-hydroxylation sites is 1. The van der Waals surface area contributed by atoms with Crippen molar-refractivity contribution in [3.05, 3.63) is 66.4 Å². The summed E-state index contributed by atoms with van der Waals surface area (Å²) in [5, 5.41) is 1.07. The standard InChI is InChI=1S/C14H12N4/c15-14(10-7-16-9-17-8-10)12-5-6-18-13-4-2-1-3-11(12)13/h1-9,14H,15H2. The number of nitrogens with two attached hydrogens (primary N) is 1. The Balaban J connectivity index is 2.15. The van der Waals surface area contributed by atoms with E-state index in [9.17, 15) is 0 Å². The van der Waals surface area contributed by atoms with E-state index in [1.165, 1.54) is 6.33 Å². The predicted octanol–water partition coefficient (Wildman–Crippen LogP) is 2.07. The molecule has 88 valence electrons. The van der Waals surface area contributed by atoms with Crippen molar-refractivity contribution in [1.29, 1.82) is 0 Å². The van der Waals surface area contributed by atoms with Gasteiger partial charge in [0, 0.05) is 29.5 Å². The lowest BCUT2D eigenvalue weighted by Gasteiger charge is -2.13. The lowest BCUT2D eigenvalue weighted by molar-refractivity contribution is 0.857. The molecule has 0 aliphatic heterocycles. The molecule has 1 unspecified atom stereocenters. The molecule has 4 heteroatoms. The van der Waals surface area contributed by atoms with Gasteiger partial charge in [-0.2, -0.15) is 0 Å². The summed E-state index contributed by atoms with van der Waals surface area (Å²) in [6.45, 7) is 0. The van der Waals surface area contributed by atoms with Crippen molar-refractivity contribution >= 4 is 10.9 Å². The van der Waals surface area contributed by atoms with Crippen LogP contribution in [0.1, 0.15) is 17.2 Å². The molecular formula is C14H12N4. The van der Waals surface area contributed by atoms with Crippen molar-refractivity contribution in [2.45, 2.75) is 6.04 Å². The maximum absolute atomic E-state index is 6.27. The molecule has 18 heavy (non-hydrogen) atoms. The first-order chi connectivity index (χ1) is 8.86. The summed E-state index contributed by atoms with van der Waals surface area (Å²) in [6, 6.07) is 9.67. The summed E-state index contributed by atoms with van der Waals surface area (Å²) < 4.78 is 0. The summed E-state index contributed by atoms with van der Waals surface area (Å²) >= 11 is 0. The van der Waals surface area contributed by atoms with Gasteiger partial charge in [0.05, 0.1) is 11.6 Å². The minimum absolute atomic E-state index is 0.237. The zero-order valence-electron chi connectivity index (χ0n) is 9.69. The first kappa shape index (κ1) is 10.8. The molecule has 0 saturated heterocycles. The highest BCUT2D eigenvalue weighted by Crippen LogP contribution is 2.25. The molecule has 2 heterocycles. The molecule has 0 aliphatic rings. The molecule has 1 atom stereocenters. The Labute approximate surface area is 105 Å². The first-order valence-electron chi connectivity index (χ1n) is 5.70. The fraction of sp³-hybridized carbons (Fsp3) is 0.0714. The summed E-state index contributed by atoms with van der Waals surface area (Å²) in [7, 11) is 0. The van der Waals surface area contributed by atoms with Crippen LogP contribution in [-0.2, 0) is 0 Å². The second-order valence-electron chi connectivity index (χ2n) is 4.07. The SMILES string of the molecule is NC(c1cncnc1)c1ccnc2ccccc12. The second-order valence-corrected chi connectivity index (χ2v) is 4.07. The predicted molar refractivity (Wildman–Crippen MR) is 69.8 cm³/mol. The van der Waals surface area contributed by atoms with Crippen molar-refractivity contribution in [1.82, 2.24) is 15.0 Å². The first-order valence-corrected chi connectivity index (χ1v) is 5.70. The molecule has 0 spiro atoms. The minimum atomic E-state index is -0.237. The van der Waals surface area contributed by atoms with Crippen LogP contribution < -0.4 is 5.73 Å². The lowest BCUT2D eigenvalue weighted by Crippen LogP contribution is -2.13. The molecule has 3 aromatic rings. The second kappa shape index (κ2) is 4.50. The highest BCUT2D eigenvalue weighted by molar-refractivity contribution is 5.82. The van der Waals surface area contributed by atoms with Crippen LogP contribution in [0.3, 0.4) is 0 Å². The molecule has 0 fully saturated rings. The summed E-state index contributed by atoms with van der Waals surface area (Å²) in [6.07, 6.45) is 6.77. The highest BCUT2D eigenvalue weighted by Gasteiger charge is 2.12. The Kier molecular flexibility index (Phi) is 2.70. The smallest absolute Gasteiger partial charge is 0.115 e. The van der Waals surface area contributed by atoms with Crippen molar-refractivity contribution in [3.8, 4) is 0 Å². The monoisotopic (exact) mass is 236 g/mol. The molecule has 0 radical (unpaired) electrons. The number of hydrogen-bond donors (Lipinski definition) is 1. The van der Waals surface area contributed by atoms with Crippen LogP contribution in [-0.4, -0.2) is 15.0 Å². The number of hydrogen-bond acceptors (Lipinski definition) is 4. The van der Waals surface area contributed by atoms with Gasteiger partial charge in [-0.3, -0.25) is 4.98 Å². The summed E-state index contributed by atoms with van der Waals surface area (Å²) in [5.41, 5.74) is 9.16. The van der Waals surface area contributed by atoms with E-state index in [1.54, 1.807) is 18.6 Å². The van der Waals surface area contributed by atoms with Crippen molar-refractivity contribution in [2.24, 2.45) is 5.73 Å². The van der Waals surface area contributed by atoms with Crippen molar-refractivity contribution < 1.29 is 0 Å². The van der Waals surface area contributed by atoms with Gasteiger partial charge in [-0.05, 0) is 17.7 Å². The largest absolute Gasteiger partial charge is 0.320 e. The Bertz CT molecular complexity index is 661. The highest BCUT2D eigenvalue weighted by atomic mass is 14.8. The van der Waals surface area contributed by atoms with Gasteiger partial charge in [-0.1, -0.05) is 18.2 Å². The van der Waals surface area contributed by atoms with E-state index in [2.05, 4.69) is 15.0 Å². The number of aromatic nitrogens is 3. The Morgan fingerprint density at radius 1 is 1.00 bits per heavy atom. The van der Waals surface area contributed by atoms with Crippen LogP contribution in [0, 0.1) is 0 Å². The average molecular weight is 236 g/mol.